The van der Waals surface area contributed by atoms with Crippen LogP contribution >= 0.6 is 0 Å². The van der Waals surface area contributed by atoms with Gasteiger partial charge in [-0.3, -0.25) is 0 Å². The summed E-state index contributed by atoms with van der Waals surface area (Å²) in [7, 11) is -1.25. The lowest BCUT2D eigenvalue weighted by Gasteiger charge is -2.15. The second-order valence-electron chi connectivity index (χ2n) is 3.06. The van der Waals surface area contributed by atoms with Crippen molar-refractivity contribution in [2.45, 2.75) is 12.2 Å². The molecule has 1 aromatic heterocycles. The number of aromatic amines is 1. The number of fused-ring (bicyclic) bond motifs is 1. The van der Waals surface area contributed by atoms with Crippen molar-refractivity contribution in [2.24, 2.45) is 0 Å². The van der Waals surface area contributed by atoms with E-state index in [9.17, 15) is 0 Å². The van der Waals surface area contributed by atoms with Crippen LogP contribution in [0, 0.1) is 0 Å². The van der Waals surface area contributed by atoms with E-state index in [2.05, 4.69) is 4.98 Å². The maximum absolute atomic E-state index is 8.93. The van der Waals surface area contributed by atoms with Crippen molar-refractivity contribution in [1.82, 2.24) is 4.98 Å². The third-order valence-electron chi connectivity index (χ3n) is 2.22. The molecule has 3 N–H and O–H groups in total. The Morgan fingerprint density at radius 1 is 1.50 bits per heavy atom. The smallest absolute Gasteiger partial charge is 0.427 e. The lowest BCUT2D eigenvalue weighted by atomic mass is 9.68. The third kappa shape index (κ3) is 1.19. The van der Waals surface area contributed by atoms with Crippen molar-refractivity contribution < 1.29 is 10.0 Å². The molecular formula is C8H10BNO2. The summed E-state index contributed by atoms with van der Waals surface area (Å²) in [6.07, 6.45) is 6.28. The van der Waals surface area contributed by atoms with Crippen LogP contribution < -0.4 is 0 Å². The van der Waals surface area contributed by atoms with Gasteiger partial charge in [-0.25, -0.2) is 0 Å². The Balaban J connectivity index is 2.24. The second kappa shape index (κ2) is 2.81. The van der Waals surface area contributed by atoms with E-state index < -0.39 is 7.12 Å². The van der Waals surface area contributed by atoms with E-state index in [-0.39, 0.29) is 5.82 Å². The highest BCUT2D eigenvalue weighted by atomic mass is 16.4. The lowest BCUT2D eigenvalue weighted by Crippen LogP contribution is -2.21. The number of rotatable bonds is 1. The fourth-order valence-electron chi connectivity index (χ4n) is 1.49. The predicted molar refractivity (Wildman–Crippen MR) is 47.5 cm³/mol. The number of nitrogens with one attached hydrogen (secondary N) is 1. The van der Waals surface area contributed by atoms with Crippen LogP contribution in [0.1, 0.15) is 11.3 Å². The first-order chi connectivity index (χ1) is 5.77. The highest BCUT2D eigenvalue weighted by molar-refractivity contribution is 6.44. The molecule has 0 fully saturated rings. The van der Waals surface area contributed by atoms with Gasteiger partial charge in [0.2, 0.25) is 0 Å². The Labute approximate surface area is 70.9 Å². The molecule has 12 heavy (non-hydrogen) atoms. The summed E-state index contributed by atoms with van der Waals surface area (Å²) in [4.78, 5) is 3.07. The zero-order valence-corrected chi connectivity index (χ0v) is 6.57. The van der Waals surface area contributed by atoms with E-state index in [1.807, 2.05) is 24.4 Å². The molecule has 0 saturated carbocycles. The molecule has 62 valence electrons. The van der Waals surface area contributed by atoms with Crippen molar-refractivity contribution in [3.63, 3.8) is 0 Å². The van der Waals surface area contributed by atoms with Crippen LogP contribution in [0.3, 0.4) is 0 Å². The SMILES string of the molecule is OB(O)C1C=Cc2[nH]ccc2C1. The Kier molecular flexibility index (Phi) is 1.79. The van der Waals surface area contributed by atoms with Crippen LogP contribution in [0.2, 0.25) is 5.82 Å². The minimum Gasteiger partial charge on any atom is -0.427 e. The summed E-state index contributed by atoms with van der Waals surface area (Å²) in [6, 6.07) is 1.97. The fourth-order valence-corrected chi connectivity index (χ4v) is 1.49. The molecule has 0 amide bonds. The first-order valence-corrected chi connectivity index (χ1v) is 3.98. The Hall–Kier alpha value is -0.995. The monoisotopic (exact) mass is 163 g/mol. The maximum atomic E-state index is 8.93. The van der Waals surface area contributed by atoms with Crippen LogP contribution in [0.4, 0.5) is 0 Å². The Bertz CT molecular complexity index is 306. The standard InChI is InChI=1S/C8H10BNO2/c11-9(12)7-1-2-8-6(5-7)3-4-10-8/h1-4,7,10-12H,5H2. The van der Waals surface area contributed by atoms with Crippen LogP contribution in [-0.4, -0.2) is 22.2 Å². The molecule has 0 radical (unpaired) electrons. The van der Waals surface area contributed by atoms with Gasteiger partial charge in [0.15, 0.2) is 0 Å². The summed E-state index contributed by atoms with van der Waals surface area (Å²) in [6.45, 7) is 0. The van der Waals surface area contributed by atoms with E-state index in [4.69, 9.17) is 10.0 Å². The van der Waals surface area contributed by atoms with Crippen molar-refractivity contribution >= 4 is 13.2 Å². The first-order valence-electron chi connectivity index (χ1n) is 3.98. The number of aromatic nitrogens is 1. The molecule has 1 unspecified atom stereocenters. The quantitative estimate of drug-likeness (QED) is 0.525. The van der Waals surface area contributed by atoms with Crippen molar-refractivity contribution in [3.05, 3.63) is 29.6 Å². The molecule has 4 heteroatoms. The summed E-state index contributed by atoms with van der Waals surface area (Å²) in [5, 5.41) is 17.9. The minimum atomic E-state index is -1.25. The molecule has 1 heterocycles. The largest absolute Gasteiger partial charge is 0.459 e. The summed E-state index contributed by atoms with van der Waals surface area (Å²) >= 11 is 0. The predicted octanol–water partition coefficient (Wildman–Crippen LogP) is 0.427. The molecule has 0 aromatic carbocycles. The zero-order valence-electron chi connectivity index (χ0n) is 6.57. The summed E-state index contributed by atoms with van der Waals surface area (Å²) in [5.74, 6) is -0.159. The molecule has 1 aliphatic rings. The van der Waals surface area contributed by atoms with Gasteiger partial charge in [0.05, 0.1) is 0 Å². The topological polar surface area (TPSA) is 56.2 Å². The highest BCUT2D eigenvalue weighted by Gasteiger charge is 2.24. The molecule has 0 saturated heterocycles. The van der Waals surface area contributed by atoms with E-state index >= 15 is 0 Å². The van der Waals surface area contributed by atoms with Crippen LogP contribution in [0.15, 0.2) is 18.3 Å². The van der Waals surface area contributed by atoms with E-state index in [1.54, 1.807) is 0 Å². The molecule has 0 aliphatic heterocycles. The van der Waals surface area contributed by atoms with Crippen LogP contribution in [0.25, 0.3) is 6.08 Å². The van der Waals surface area contributed by atoms with Crippen molar-refractivity contribution in [1.29, 1.82) is 0 Å². The van der Waals surface area contributed by atoms with E-state index in [1.165, 1.54) is 0 Å². The van der Waals surface area contributed by atoms with Gasteiger partial charge in [-0.2, -0.15) is 0 Å². The van der Waals surface area contributed by atoms with Crippen LogP contribution in [-0.2, 0) is 6.42 Å². The minimum absolute atomic E-state index is 0.159. The Morgan fingerprint density at radius 3 is 3.08 bits per heavy atom. The van der Waals surface area contributed by atoms with Gasteiger partial charge >= 0.3 is 7.12 Å². The molecular weight excluding hydrogens is 153 g/mol. The number of H-pyrrole nitrogens is 1. The number of hydrogen-bond acceptors (Lipinski definition) is 2. The second-order valence-corrected chi connectivity index (χ2v) is 3.06. The maximum Gasteiger partial charge on any atom is 0.459 e. The zero-order chi connectivity index (χ0) is 8.55. The third-order valence-corrected chi connectivity index (χ3v) is 2.22. The molecule has 0 bridgehead atoms. The molecule has 3 nitrogen and oxygen atoms in total. The summed E-state index contributed by atoms with van der Waals surface area (Å²) in [5.41, 5.74) is 2.22. The van der Waals surface area contributed by atoms with Crippen LogP contribution in [0.5, 0.6) is 0 Å². The molecule has 1 aliphatic carbocycles. The van der Waals surface area contributed by atoms with Gasteiger partial charge in [-0.1, -0.05) is 6.08 Å². The molecule has 1 atom stereocenters. The first kappa shape index (κ1) is 7.64. The van der Waals surface area contributed by atoms with E-state index in [0.29, 0.717) is 6.42 Å². The van der Waals surface area contributed by atoms with Crippen molar-refractivity contribution in [2.75, 3.05) is 0 Å². The summed E-state index contributed by atoms with van der Waals surface area (Å²) < 4.78 is 0. The van der Waals surface area contributed by atoms with Gasteiger partial charge in [0.1, 0.15) is 0 Å². The van der Waals surface area contributed by atoms with Gasteiger partial charge in [-0.15, -0.1) is 0 Å². The molecule has 1 aromatic rings. The highest BCUT2D eigenvalue weighted by Crippen LogP contribution is 2.25. The average molecular weight is 163 g/mol. The normalized spacial score (nSPS) is 20.7. The number of allylic oxidation sites excluding steroid dienone is 1. The van der Waals surface area contributed by atoms with E-state index in [0.717, 1.165) is 11.3 Å². The van der Waals surface area contributed by atoms with Gasteiger partial charge in [0, 0.05) is 17.7 Å². The van der Waals surface area contributed by atoms with Gasteiger partial charge in [0.25, 0.3) is 0 Å². The molecule has 2 rings (SSSR count). The van der Waals surface area contributed by atoms with Gasteiger partial charge < -0.3 is 15.0 Å². The van der Waals surface area contributed by atoms with Gasteiger partial charge in [-0.05, 0) is 24.1 Å². The van der Waals surface area contributed by atoms with Crippen molar-refractivity contribution in [3.8, 4) is 0 Å². The number of hydrogen-bond donors (Lipinski definition) is 3. The Morgan fingerprint density at radius 2 is 2.33 bits per heavy atom. The lowest BCUT2D eigenvalue weighted by molar-refractivity contribution is 0.393. The fraction of sp³-hybridized carbons (Fsp3) is 0.250. The molecule has 0 spiro atoms. The average Bonchev–Trinajstić information content (AvgIpc) is 2.49.